The Morgan fingerprint density at radius 1 is 0.393 bits per heavy atom. The zero-order valence-electron chi connectivity index (χ0n) is 81.0. The molecule has 0 spiro atoms. The molecule has 4 unspecified atom stereocenters. The van der Waals surface area contributed by atoms with Gasteiger partial charge in [0.05, 0.1) is 25.9 Å². The summed E-state index contributed by atoms with van der Waals surface area (Å²) >= 11 is 0. The first-order chi connectivity index (χ1) is 70.1. The molecule has 3 aromatic heterocycles. The lowest BCUT2D eigenvalue weighted by Crippen LogP contribution is -2.35. The quantitative estimate of drug-likeness (QED) is 0.0565. The first-order valence-electron chi connectivity index (χ1n) is 47.7. The van der Waals surface area contributed by atoms with Crippen molar-refractivity contribution in [2.75, 3.05) is 100 Å². The highest BCUT2D eigenvalue weighted by Gasteiger charge is 2.30. The first-order valence-corrected chi connectivity index (χ1v) is 47.7. The number of hydrogen-bond acceptors (Lipinski definition) is 22. The Balaban J connectivity index is 0.000000139. The highest BCUT2D eigenvalue weighted by molar-refractivity contribution is 5.99. The maximum atomic E-state index is 13.9. The second-order valence-corrected chi connectivity index (χ2v) is 35.9. The average Bonchev–Trinajstić information content (AvgIpc) is 0.801. The van der Waals surface area contributed by atoms with E-state index >= 15 is 0 Å². The van der Waals surface area contributed by atoms with E-state index in [1.807, 2.05) is 245 Å². The molecule has 0 radical (unpaired) electrons. The predicted molar refractivity (Wildman–Crippen MR) is 567 cm³/mol. The first kappa shape index (κ1) is 99.9. The maximum absolute atomic E-state index is 13.9. The zero-order valence-corrected chi connectivity index (χ0v) is 81.0. The normalized spacial score (nSPS) is 16.8. The lowest BCUT2D eigenvalue weighted by Gasteiger charge is -2.27. The van der Waals surface area contributed by atoms with Crippen LogP contribution in [0.3, 0.4) is 0 Å². The summed E-state index contributed by atoms with van der Waals surface area (Å²) in [5.41, 5.74) is 43.5. The van der Waals surface area contributed by atoms with E-state index in [0.717, 1.165) is 139 Å². The van der Waals surface area contributed by atoms with Gasteiger partial charge in [0, 0.05) is 145 Å². The third-order valence-electron chi connectivity index (χ3n) is 25.6. The Hall–Kier alpha value is -18.1. The number of likely N-dealkylation sites (N-methyl/N-ethyl adjacent to an activating group) is 2. The summed E-state index contributed by atoms with van der Waals surface area (Å²) in [6.07, 6.45) is 6.71. The number of pyridine rings is 3. The molecule has 0 fully saturated rings. The van der Waals surface area contributed by atoms with E-state index in [1.54, 1.807) is 85.0 Å². The molecular weight excluding hydrogens is 1830 g/mol. The van der Waals surface area contributed by atoms with Gasteiger partial charge in [-0.2, -0.15) is 0 Å². The Labute approximate surface area is 838 Å². The van der Waals surface area contributed by atoms with Gasteiger partial charge in [0.25, 0.3) is 0 Å². The van der Waals surface area contributed by atoms with Crippen LogP contribution in [0.4, 0.5) is 82.1 Å². The number of fused-ring (bicyclic) bond motifs is 39. The molecule has 11 heterocycles. The molecule has 10 amide bonds. The fourth-order valence-electron chi connectivity index (χ4n) is 17.7. The van der Waals surface area contributed by atoms with Crippen LogP contribution in [0, 0.1) is 13.8 Å². The lowest BCUT2D eigenvalue weighted by atomic mass is 9.95. The zero-order chi connectivity index (χ0) is 102. The van der Waals surface area contributed by atoms with Crippen LogP contribution in [0.1, 0.15) is 138 Å². The summed E-state index contributed by atoms with van der Waals surface area (Å²) in [5.74, 6) is 0.245. The standard InChI is InChI=1S/3C29H29N5O3.C26H27N5O3/c1-18-14-22-7-6-20(18)11-13-37-29(36)33-23-5-3-4-19(15-23)17-34(2)28(35)26(22)32-24-8-9-25-21(16-24)10-12-31-27(25)30;1-17-14-22-7-6-19(17)11-13-37-29(36)34-23-5-3-4-20(15-23)18(2)32-28(35)26(22)33-24-8-9-25-21(16-24)10-12-31-27(25)30;1-2-19-15-22-7-6-20(19)11-13-37-29(36)34-23-5-3-4-18(14-23)17-32-28(35)26(22)33-24-8-9-25-21(16-24)10-12-31-27(25)30;1-31-13-12-17-8-10-19(11-9-17)23(29-22-7-3-5-20(15-22)24(27)32)25(33)28-16-18-4-2-6-21(14-18)30-26(31)34/h3-10,12,14-16,26,32H,11,13,17H2,1-2H3,(H2,30,31)(H,33,36);3-10,12,14-16,18,26,33H,11,13H2,1-2H3,(H2,30,31)(H,32,35)(H,34,36);3-10,12,14-16,26,33H,2,11,13,17H2,1H3,(H2,30,31)(H,32,35)(H,34,36);2-11,14-15,23,29H,12-13,16H2,1H3,(H2,27,32)(H,28,33)(H,30,34)/t;18-,26?;;/m.0../s1. The molecule has 8 aliphatic rings. The number of nitrogens with two attached hydrogens (primary N) is 4. The molecule has 12 aromatic carbocycles. The van der Waals surface area contributed by atoms with E-state index in [4.69, 9.17) is 37.1 Å². The van der Waals surface area contributed by atoms with Gasteiger partial charge in [-0.05, 0) is 273 Å². The number of nitrogen functional groups attached to an aromatic ring is 3. The minimum absolute atomic E-state index is 0.0774. The van der Waals surface area contributed by atoms with E-state index in [-0.39, 0.29) is 62.1 Å². The van der Waals surface area contributed by atoms with E-state index in [9.17, 15) is 43.2 Å². The van der Waals surface area contributed by atoms with Gasteiger partial charge in [-0.25, -0.2) is 34.1 Å². The monoisotopic (exact) mass is 1940 g/mol. The van der Waals surface area contributed by atoms with Gasteiger partial charge < -0.3 is 89.5 Å². The van der Waals surface area contributed by atoms with Gasteiger partial charge in [0.15, 0.2) is 0 Å². The molecule has 32 nitrogen and oxygen atoms in total. The number of rotatable bonds is 10. The molecule has 16 bridgehead atoms. The topological polar surface area (TPSA) is 463 Å². The fourth-order valence-corrected chi connectivity index (χ4v) is 17.7. The van der Waals surface area contributed by atoms with Crippen LogP contribution in [0.5, 0.6) is 0 Å². The number of nitrogens with one attached hydrogen (secondary N) is 11. The highest BCUT2D eigenvalue weighted by atomic mass is 16.6. The summed E-state index contributed by atoms with van der Waals surface area (Å²) in [6, 6.07) is 81.9. The molecule has 8 aliphatic heterocycles. The number of anilines is 11. The SMILES string of the molecule is CCc1cc2ccc1CCOC(=O)Nc1cccc(c1)CNC(=O)C2Nc1ccc2c(N)nccc2c1.CN1CCc2ccc(cc2)C(Nc2cccc(C(N)=O)c2)C(=O)NCc2cccc(c2)NC1=O.Cc1cc2ccc1CCOC(=O)Nc1cccc(c1)CN(C)C(=O)C2Nc1ccc2c(N)nccc2c1.Cc1cc2ccc1CCOC(=O)Nc1cccc(c1)[C@H](C)NC(=O)C2Nc1ccc2c(N)nccc2c1. The molecule has 0 saturated carbocycles. The van der Waals surface area contributed by atoms with Gasteiger partial charge in [-0.1, -0.05) is 140 Å². The van der Waals surface area contributed by atoms with Crippen molar-refractivity contribution in [3.63, 3.8) is 0 Å². The van der Waals surface area contributed by atoms with Gasteiger partial charge in [0.1, 0.15) is 41.6 Å². The van der Waals surface area contributed by atoms with Crippen LogP contribution in [0.15, 0.2) is 292 Å². The summed E-state index contributed by atoms with van der Waals surface area (Å²) < 4.78 is 16.2. The second kappa shape index (κ2) is 46.3. The molecule has 0 aliphatic carbocycles. The number of ether oxygens (including phenoxy) is 3. The van der Waals surface area contributed by atoms with Crippen molar-refractivity contribution in [2.45, 2.75) is 110 Å². The fraction of sp³-hybridized carbons (Fsp3) is 0.204. The summed E-state index contributed by atoms with van der Waals surface area (Å²) in [4.78, 5) is 131. The molecule has 23 rings (SSSR count). The van der Waals surface area contributed by atoms with E-state index < -0.39 is 48.4 Å². The number of primary amides is 1. The summed E-state index contributed by atoms with van der Waals surface area (Å²) in [6.45, 7) is 10.3. The van der Waals surface area contributed by atoms with Crippen molar-refractivity contribution in [2.24, 2.45) is 5.73 Å². The minimum Gasteiger partial charge on any atom is -0.449 e. The molecule has 0 saturated heterocycles. The maximum Gasteiger partial charge on any atom is 0.411 e. The largest absolute Gasteiger partial charge is 0.449 e. The van der Waals surface area contributed by atoms with Crippen molar-refractivity contribution in [3.05, 3.63) is 381 Å². The van der Waals surface area contributed by atoms with Crippen molar-refractivity contribution in [1.82, 2.24) is 40.7 Å². The van der Waals surface area contributed by atoms with Gasteiger partial charge in [-0.15, -0.1) is 0 Å². The summed E-state index contributed by atoms with van der Waals surface area (Å²) in [7, 11) is 3.54. The Bertz CT molecular complexity index is 7370. The number of carbonyl (C=O) groups excluding carboxylic acids is 9. The molecular formula is C113H114N20O12. The van der Waals surface area contributed by atoms with Crippen molar-refractivity contribution < 1.29 is 57.4 Å². The van der Waals surface area contributed by atoms with Crippen LogP contribution in [0.2, 0.25) is 0 Å². The predicted octanol–water partition coefficient (Wildman–Crippen LogP) is 18.5. The minimum atomic E-state index is -0.685. The molecule has 15 aromatic rings. The van der Waals surface area contributed by atoms with Gasteiger partial charge in [-0.3, -0.25) is 39.9 Å². The van der Waals surface area contributed by atoms with Crippen LogP contribution in [0.25, 0.3) is 32.3 Å². The molecule has 19 N–H and O–H groups in total. The molecule has 738 valence electrons. The van der Waals surface area contributed by atoms with E-state index in [0.29, 0.717) is 96.8 Å². The molecule has 5 atom stereocenters. The van der Waals surface area contributed by atoms with E-state index in [2.05, 4.69) is 86.4 Å². The molecule has 32 heteroatoms. The number of carbonyl (C=O) groups is 9. The number of amides is 10. The number of benzene rings is 12. The number of aromatic nitrogens is 3. The molecule has 145 heavy (non-hydrogen) atoms. The summed E-state index contributed by atoms with van der Waals surface area (Å²) in [5, 5.41) is 39.3. The lowest BCUT2D eigenvalue weighted by molar-refractivity contribution is -0.131. The van der Waals surface area contributed by atoms with Gasteiger partial charge in [0.2, 0.25) is 29.5 Å². The number of hydrogen-bond donors (Lipinski definition) is 15. The van der Waals surface area contributed by atoms with Crippen LogP contribution >= 0.6 is 0 Å². The van der Waals surface area contributed by atoms with Crippen molar-refractivity contribution in [3.8, 4) is 0 Å². The smallest absolute Gasteiger partial charge is 0.411 e. The second-order valence-electron chi connectivity index (χ2n) is 35.9. The third kappa shape index (κ3) is 26.0. The number of nitrogens with zero attached hydrogens (tertiary/aromatic N) is 5. The Morgan fingerprint density at radius 2 is 0.807 bits per heavy atom. The highest BCUT2D eigenvalue weighted by Crippen LogP contribution is 2.35. The van der Waals surface area contributed by atoms with Crippen molar-refractivity contribution in [1.29, 1.82) is 0 Å². The number of urea groups is 1. The van der Waals surface area contributed by atoms with Crippen LogP contribution in [-0.4, -0.2) is 119 Å². The average molecular weight is 1940 g/mol. The van der Waals surface area contributed by atoms with Crippen molar-refractivity contribution >= 4 is 149 Å². The Kier molecular flexibility index (Phi) is 31.9. The van der Waals surface area contributed by atoms with E-state index in [1.165, 1.54) is 0 Å². The van der Waals surface area contributed by atoms with Gasteiger partial charge >= 0.3 is 24.3 Å². The Morgan fingerprint density at radius 3 is 1.30 bits per heavy atom. The van der Waals surface area contributed by atoms with Crippen LogP contribution < -0.4 is 81.4 Å². The van der Waals surface area contributed by atoms with Crippen LogP contribution in [-0.2, 0) is 85.1 Å². The third-order valence-corrected chi connectivity index (χ3v) is 25.6. The number of aryl methyl sites for hydroxylation is 3.